The zero-order chi connectivity index (χ0) is 24.1. The van der Waals surface area contributed by atoms with E-state index >= 15 is 0 Å². The van der Waals surface area contributed by atoms with Gasteiger partial charge in [-0.2, -0.15) is 0 Å². The van der Waals surface area contributed by atoms with Crippen molar-refractivity contribution in [3.63, 3.8) is 0 Å². The summed E-state index contributed by atoms with van der Waals surface area (Å²) in [5, 5.41) is 4.33. The number of halogens is 1. The molecule has 0 aliphatic rings. The average Bonchev–Trinajstić information content (AvgIpc) is 3.17. The van der Waals surface area contributed by atoms with Crippen LogP contribution in [0.2, 0.25) is 5.02 Å². The second kappa shape index (κ2) is 10.4. The van der Waals surface area contributed by atoms with Gasteiger partial charge in [0.15, 0.2) is 0 Å². The summed E-state index contributed by atoms with van der Waals surface area (Å²) in [4.78, 5) is 24.6. The van der Waals surface area contributed by atoms with Crippen LogP contribution in [0.3, 0.4) is 0 Å². The summed E-state index contributed by atoms with van der Waals surface area (Å²) in [6.45, 7) is 2.36. The lowest BCUT2D eigenvalue weighted by Crippen LogP contribution is -2.15. The number of esters is 1. The fourth-order valence-corrected chi connectivity index (χ4v) is 3.85. The number of carbonyl (C=O) groups excluding carboxylic acids is 2. The normalized spacial score (nSPS) is 10.8. The molecule has 1 amide bonds. The Morgan fingerprint density at radius 2 is 1.76 bits per heavy atom. The molecule has 0 bridgehead atoms. The minimum Gasteiger partial charge on any atom is -0.465 e. The van der Waals surface area contributed by atoms with Crippen LogP contribution in [-0.2, 0) is 23.0 Å². The molecule has 1 N–H and O–H groups in total. The predicted octanol–water partition coefficient (Wildman–Crippen LogP) is 6.37. The van der Waals surface area contributed by atoms with Gasteiger partial charge in [0.2, 0.25) is 0 Å². The van der Waals surface area contributed by atoms with Crippen LogP contribution in [0.15, 0.2) is 72.8 Å². The summed E-state index contributed by atoms with van der Waals surface area (Å²) in [7, 11) is 1.87. The van der Waals surface area contributed by atoms with Gasteiger partial charge >= 0.3 is 5.97 Å². The van der Waals surface area contributed by atoms with Crippen LogP contribution in [0.25, 0.3) is 10.9 Å². The van der Waals surface area contributed by atoms with E-state index in [-0.39, 0.29) is 18.3 Å². The SMILES string of the molecule is CCCOC(=O)Cc1ccc(Oc2ccc(NC(=O)c3cc4ccccc4n3C)cc2)c(Cl)c1. The third kappa shape index (κ3) is 5.41. The minimum atomic E-state index is -0.285. The molecule has 0 radical (unpaired) electrons. The van der Waals surface area contributed by atoms with Crippen molar-refractivity contribution in [2.45, 2.75) is 19.8 Å². The molecule has 0 atom stereocenters. The van der Waals surface area contributed by atoms with Crippen molar-refractivity contribution in [2.75, 3.05) is 11.9 Å². The molecule has 0 spiro atoms. The fraction of sp³-hybridized carbons (Fsp3) is 0.185. The van der Waals surface area contributed by atoms with E-state index in [9.17, 15) is 9.59 Å². The number of carbonyl (C=O) groups is 2. The largest absolute Gasteiger partial charge is 0.465 e. The van der Waals surface area contributed by atoms with Crippen molar-refractivity contribution in [1.29, 1.82) is 0 Å². The van der Waals surface area contributed by atoms with Crippen LogP contribution in [0.5, 0.6) is 11.5 Å². The summed E-state index contributed by atoms with van der Waals surface area (Å²) >= 11 is 6.35. The maximum atomic E-state index is 12.8. The first kappa shape index (κ1) is 23.4. The number of nitrogens with zero attached hydrogens (tertiary/aromatic N) is 1. The van der Waals surface area contributed by atoms with Gasteiger partial charge < -0.3 is 19.4 Å². The van der Waals surface area contributed by atoms with E-state index < -0.39 is 0 Å². The smallest absolute Gasteiger partial charge is 0.310 e. The Kier molecular flexibility index (Phi) is 7.18. The molecular weight excluding hydrogens is 452 g/mol. The number of aromatic nitrogens is 1. The lowest BCUT2D eigenvalue weighted by molar-refractivity contribution is -0.142. The van der Waals surface area contributed by atoms with Crippen LogP contribution < -0.4 is 10.1 Å². The number of para-hydroxylation sites is 1. The number of benzene rings is 3. The van der Waals surface area contributed by atoms with Gasteiger partial charge in [0.05, 0.1) is 18.1 Å². The number of anilines is 1. The van der Waals surface area contributed by atoms with Crippen molar-refractivity contribution in [2.24, 2.45) is 7.05 Å². The highest BCUT2D eigenvalue weighted by Crippen LogP contribution is 2.31. The number of hydrogen-bond acceptors (Lipinski definition) is 4. The first-order valence-corrected chi connectivity index (χ1v) is 11.4. The highest BCUT2D eigenvalue weighted by atomic mass is 35.5. The van der Waals surface area contributed by atoms with Crippen LogP contribution in [0.1, 0.15) is 29.4 Å². The zero-order valence-electron chi connectivity index (χ0n) is 19.0. The Hall–Kier alpha value is -3.77. The molecule has 6 nitrogen and oxygen atoms in total. The van der Waals surface area contributed by atoms with E-state index in [2.05, 4.69) is 5.32 Å². The van der Waals surface area contributed by atoms with Crippen molar-refractivity contribution in [3.8, 4) is 11.5 Å². The van der Waals surface area contributed by atoms with Crippen molar-refractivity contribution in [1.82, 2.24) is 4.57 Å². The Bertz CT molecular complexity index is 1330. The summed E-state index contributed by atoms with van der Waals surface area (Å²) in [6, 6.07) is 22.0. The Balaban J connectivity index is 1.39. The highest BCUT2D eigenvalue weighted by Gasteiger charge is 2.14. The standard InChI is InChI=1S/C27H25ClN2O4/c1-3-14-33-26(31)16-18-8-13-25(22(28)15-18)34-21-11-9-20(10-12-21)29-27(32)24-17-19-6-4-5-7-23(19)30(24)2/h4-13,15,17H,3,14,16H2,1-2H3,(H,29,32). The average molecular weight is 477 g/mol. The quantitative estimate of drug-likeness (QED) is 0.300. The molecular formula is C27H25ClN2O4. The third-order valence-electron chi connectivity index (χ3n) is 5.34. The molecule has 3 aromatic carbocycles. The molecule has 0 fully saturated rings. The van der Waals surface area contributed by atoms with Crippen molar-refractivity contribution in [3.05, 3.63) is 89.1 Å². The van der Waals surface area contributed by atoms with Gasteiger partial charge in [-0.1, -0.05) is 42.8 Å². The molecule has 34 heavy (non-hydrogen) atoms. The maximum absolute atomic E-state index is 12.8. The van der Waals surface area contributed by atoms with E-state index in [0.717, 1.165) is 22.9 Å². The number of nitrogens with one attached hydrogen (secondary N) is 1. The molecule has 0 saturated heterocycles. The van der Waals surface area contributed by atoms with E-state index in [0.29, 0.717) is 34.5 Å². The fourth-order valence-electron chi connectivity index (χ4n) is 3.61. The summed E-state index contributed by atoms with van der Waals surface area (Å²) in [6.07, 6.45) is 0.940. The second-order valence-electron chi connectivity index (χ2n) is 7.89. The maximum Gasteiger partial charge on any atom is 0.310 e. The van der Waals surface area contributed by atoms with Crippen LogP contribution in [0, 0.1) is 0 Å². The molecule has 0 unspecified atom stereocenters. The van der Waals surface area contributed by atoms with Crippen molar-refractivity contribution < 1.29 is 19.1 Å². The van der Waals surface area contributed by atoms with Gasteiger partial charge in [-0.15, -0.1) is 0 Å². The van der Waals surface area contributed by atoms with Gasteiger partial charge in [-0.05, 0) is 60.5 Å². The summed E-state index contributed by atoms with van der Waals surface area (Å²) in [5.41, 5.74) is 2.98. The molecule has 0 saturated carbocycles. The summed E-state index contributed by atoms with van der Waals surface area (Å²) in [5.74, 6) is 0.565. The Morgan fingerprint density at radius 3 is 2.47 bits per heavy atom. The van der Waals surface area contributed by atoms with E-state index in [1.807, 2.05) is 48.9 Å². The molecule has 1 heterocycles. The van der Waals surface area contributed by atoms with E-state index in [1.165, 1.54) is 0 Å². The first-order valence-electron chi connectivity index (χ1n) is 11.0. The zero-order valence-corrected chi connectivity index (χ0v) is 19.8. The van der Waals surface area contributed by atoms with Gasteiger partial charge in [0.1, 0.15) is 17.2 Å². The van der Waals surface area contributed by atoms with Crippen LogP contribution >= 0.6 is 11.6 Å². The minimum absolute atomic E-state index is 0.158. The molecule has 0 aliphatic heterocycles. The number of aryl methyl sites for hydroxylation is 1. The molecule has 174 valence electrons. The Labute approximate surface area is 203 Å². The first-order chi connectivity index (χ1) is 16.4. The van der Waals surface area contributed by atoms with Crippen LogP contribution in [0.4, 0.5) is 5.69 Å². The Morgan fingerprint density at radius 1 is 1.00 bits per heavy atom. The molecule has 1 aromatic heterocycles. The number of amides is 1. The van der Waals surface area contributed by atoms with Crippen molar-refractivity contribution >= 4 is 40.1 Å². The van der Waals surface area contributed by atoms with E-state index in [1.54, 1.807) is 42.5 Å². The van der Waals surface area contributed by atoms with Gasteiger partial charge in [0, 0.05) is 23.6 Å². The number of hydrogen-bond donors (Lipinski definition) is 1. The predicted molar refractivity (Wildman–Crippen MR) is 134 cm³/mol. The van der Waals surface area contributed by atoms with Gasteiger partial charge in [0.25, 0.3) is 5.91 Å². The third-order valence-corrected chi connectivity index (χ3v) is 5.63. The molecule has 7 heteroatoms. The second-order valence-corrected chi connectivity index (χ2v) is 8.30. The summed E-state index contributed by atoms with van der Waals surface area (Å²) < 4.78 is 12.8. The topological polar surface area (TPSA) is 69.6 Å². The number of rotatable bonds is 8. The molecule has 4 aromatic rings. The molecule has 0 aliphatic carbocycles. The van der Waals surface area contributed by atoms with Gasteiger partial charge in [-0.3, -0.25) is 9.59 Å². The van der Waals surface area contributed by atoms with Crippen LogP contribution in [-0.4, -0.2) is 23.1 Å². The lowest BCUT2D eigenvalue weighted by Gasteiger charge is -2.11. The van der Waals surface area contributed by atoms with Gasteiger partial charge in [-0.25, -0.2) is 0 Å². The number of fused-ring (bicyclic) bond motifs is 1. The number of ether oxygens (including phenoxy) is 2. The monoisotopic (exact) mass is 476 g/mol. The highest BCUT2D eigenvalue weighted by molar-refractivity contribution is 6.32. The van der Waals surface area contributed by atoms with E-state index in [4.69, 9.17) is 21.1 Å². The lowest BCUT2D eigenvalue weighted by atomic mass is 10.1. The molecule has 4 rings (SSSR count).